The molecule has 0 spiro atoms. The van der Waals surface area contributed by atoms with Gasteiger partial charge in [0.1, 0.15) is 0 Å². The van der Waals surface area contributed by atoms with E-state index in [0.717, 1.165) is 15.8 Å². The normalized spacial score (nSPS) is 10.9. The molecule has 0 atom stereocenters. The van der Waals surface area contributed by atoms with Crippen molar-refractivity contribution in [2.45, 2.75) is 19.8 Å². The number of carbonyl (C=O) groups is 2. The van der Waals surface area contributed by atoms with Crippen LogP contribution in [0, 0.1) is 0 Å². The largest absolute Gasteiger partial charge is 0.339 e. The number of benzene rings is 2. The molecule has 0 unspecified atom stereocenters. The van der Waals surface area contributed by atoms with E-state index in [1.165, 1.54) is 18.3 Å². The highest BCUT2D eigenvalue weighted by Crippen LogP contribution is 2.28. The number of nitrogens with zero attached hydrogens (tertiary/aromatic N) is 3. The summed E-state index contributed by atoms with van der Waals surface area (Å²) in [6.07, 6.45) is 0.516. The minimum Gasteiger partial charge on any atom is -0.339 e. The van der Waals surface area contributed by atoms with Crippen molar-refractivity contribution in [2.24, 2.45) is 0 Å². The average molecular weight is 442 g/mol. The fourth-order valence-corrected chi connectivity index (χ4v) is 3.80. The van der Waals surface area contributed by atoms with Gasteiger partial charge in [0.2, 0.25) is 23.5 Å². The molecule has 0 saturated heterocycles. The van der Waals surface area contributed by atoms with Gasteiger partial charge in [-0.05, 0) is 42.5 Å². The summed E-state index contributed by atoms with van der Waals surface area (Å²) in [5.41, 5.74) is 2.19. The van der Waals surface area contributed by atoms with Crippen LogP contribution in [0.3, 0.4) is 0 Å². The summed E-state index contributed by atoms with van der Waals surface area (Å²) in [5.74, 6) is 0.482. The molecule has 0 aliphatic carbocycles. The molecule has 2 N–H and O–H groups in total. The third kappa shape index (κ3) is 4.81. The van der Waals surface area contributed by atoms with E-state index in [1.54, 1.807) is 36.4 Å². The molecule has 0 radical (unpaired) electrons. The predicted molar refractivity (Wildman–Crippen MR) is 116 cm³/mol. The molecule has 30 heavy (non-hydrogen) atoms. The number of carbonyl (C=O) groups excluding carboxylic acids is 2. The molecule has 2 aromatic carbocycles. The highest BCUT2D eigenvalue weighted by molar-refractivity contribution is 7.22. The maximum atomic E-state index is 12.3. The van der Waals surface area contributed by atoms with E-state index in [0.29, 0.717) is 34.0 Å². The highest BCUT2D eigenvalue weighted by Gasteiger charge is 2.12. The van der Waals surface area contributed by atoms with Gasteiger partial charge in [0, 0.05) is 36.0 Å². The van der Waals surface area contributed by atoms with E-state index in [1.807, 2.05) is 6.07 Å². The van der Waals surface area contributed by atoms with Gasteiger partial charge in [0.25, 0.3) is 0 Å². The first-order valence-corrected chi connectivity index (χ1v) is 10.2. The van der Waals surface area contributed by atoms with Crippen molar-refractivity contribution < 1.29 is 14.1 Å². The third-order valence-electron chi connectivity index (χ3n) is 4.09. The van der Waals surface area contributed by atoms with E-state index < -0.39 is 0 Å². The molecule has 152 valence electrons. The van der Waals surface area contributed by atoms with Crippen LogP contribution < -0.4 is 10.6 Å². The first-order valence-electron chi connectivity index (χ1n) is 9.03. The Morgan fingerprint density at radius 2 is 1.90 bits per heavy atom. The Morgan fingerprint density at radius 1 is 1.10 bits per heavy atom. The van der Waals surface area contributed by atoms with Gasteiger partial charge >= 0.3 is 0 Å². The van der Waals surface area contributed by atoms with Crippen LogP contribution in [0.4, 0.5) is 10.8 Å². The zero-order chi connectivity index (χ0) is 21.1. The topological polar surface area (TPSA) is 110 Å². The van der Waals surface area contributed by atoms with Crippen molar-refractivity contribution in [3.05, 3.63) is 53.4 Å². The predicted octanol–water partition coefficient (Wildman–Crippen LogP) is 4.53. The zero-order valence-corrected chi connectivity index (χ0v) is 17.4. The number of fused-ring (bicyclic) bond motifs is 1. The number of nitrogens with one attached hydrogen (secondary N) is 2. The Bertz CT molecular complexity index is 1220. The Balaban J connectivity index is 1.35. The van der Waals surface area contributed by atoms with Crippen LogP contribution in [-0.2, 0) is 16.0 Å². The molecule has 0 bridgehead atoms. The molecule has 10 heteroatoms. The Kier molecular flexibility index (Phi) is 5.73. The second-order valence-corrected chi connectivity index (χ2v) is 7.92. The minimum atomic E-state index is -0.178. The van der Waals surface area contributed by atoms with E-state index in [4.69, 9.17) is 16.1 Å². The second kappa shape index (κ2) is 8.60. The number of aromatic nitrogens is 3. The van der Waals surface area contributed by atoms with Crippen LogP contribution in [0.5, 0.6) is 0 Å². The molecule has 0 saturated carbocycles. The van der Waals surface area contributed by atoms with Crippen LogP contribution in [0.15, 0.2) is 47.0 Å². The van der Waals surface area contributed by atoms with Gasteiger partial charge in [-0.3, -0.25) is 9.59 Å². The van der Waals surface area contributed by atoms with Crippen molar-refractivity contribution >= 4 is 55.8 Å². The van der Waals surface area contributed by atoms with Crippen molar-refractivity contribution in [3.8, 4) is 11.4 Å². The van der Waals surface area contributed by atoms with Crippen LogP contribution in [0.25, 0.3) is 21.6 Å². The Hall–Kier alpha value is -3.30. The fourth-order valence-electron chi connectivity index (χ4n) is 2.72. The first-order chi connectivity index (χ1) is 14.5. The molecule has 8 nitrogen and oxygen atoms in total. The molecular weight excluding hydrogens is 426 g/mol. The number of halogens is 1. The third-order valence-corrected chi connectivity index (χ3v) is 5.28. The summed E-state index contributed by atoms with van der Waals surface area (Å²) in [7, 11) is 0. The number of rotatable bonds is 6. The summed E-state index contributed by atoms with van der Waals surface area (Å²) in [5, 5.41) is 10.6. The maximum absolute atomic E-state index is 12.3. The molecule has 0 fully saturated rings. The van der Waals surface area contributed by atoms with Gasteiger partial charge in [0.05, 0.1) is 10.2 Å². The standard InChI is InChI=1S/C20H16ClN5O3S/c1-11(27)22-20-24-15-7-6-14(10-16(15)30-20)23-17(28)8-9-18-25-19(26-29-18)12-2-4-13(21)5-3-12/h2-7,10H,8-9H2,1H3,(H,23,28)(H,22,24,27). The van der Waals surface area contributed by atoms with Crippen molar-refractivity contribution in [1.82, 2.24) is 15.1 Å². The number of aryl methyl sites for hydroxylation is 1. The molecule has 2 heterocycles. The zero-order valence-electron chi connectivity index (χ0n) is 15.8. The number of hydrogen-bond donors (Lipinski definition) is 2. The molecule has 0 aliphatic rings. The SMILES string of the molecule is CC(=O)Nc1nc2ccc(NC(=O)CCc3nc(-c4ccc(Cl)cc4)no3)cc2s1. The van der Waals surface area contributed by atoms with Gasteiger partial charge in [0.15, 0.2) is 5.13 Å². The van der Waals surface area contributed by atoms with Crippen molar-refractivity contribution in [1.29, 1.82) is 0 Å². The van der Waals surface area contributed by atoms with Gasteiger partial charge in [-0.25, -0.2) is 4.98 Å². The van der Waals surface area contributed by atoms with E-state index in [-0.39, 0.29) is 18.2 Å². The lowest BCUT2D eigenvalue weighted by Crippen LogP contribution is -2.12. The first kappa shape index (κ1) is 20.0. The molecule has 2 aromatic heterocycles. The van der Waals surface area contributed by atoms with Crippen LogP contribution in [-0.4, -0.2) is 26.9 Å². The summed E-state index contributed by atoms with van der Waals surface area (Å²) in [6, 6.07) is 12.5. The van der Waals surface area contributed by atoms with Crippen LogP contribution in [0.2, 0.25) is 5.02 Å². The minimum absolute atomic E-state index is 0.174. The van der Waals surface area contributed by atoms with E-state index >= 15 is 0 Å². The van der Waals surface area contributed by atoms with Crippen molar-refractivity contribution in [2.75, 3.05) is 10.6 Å². The number of anilines is 2. The summed E-state index contributed by atoms with van der Waals surface area (Å²) in [4.78, 5) is 32.1. The number of hydrogen-bond acceptors (Lipinski definition) is 7. The Morgan fingerprint density at radius 3 is 2.67 bits per heavy atom. The Labute approximate surface area is 180 Å². The van der Waals surface area contributed by atoms with Gasteiger partial charge in [-0.2, -0.15) is 4.98 Å². The average Bonchev–Trinajstić information content (AvgIpc) is 3.32. The smallest absolute Gasteiger partial charge is 0.227 e. The maximum Gasteiger partial charge on any atom is 0.227 e. The molecule has 0 aliphatic heterocycles. The fraction of sp³-hybridized carbons (Fsp3) is 0.150. The highest BCUT2D eigenvalue weighted by atomic mass is 35.5. The molecule has 4 aromatic rings. The van der Waals surface area contributed by atoms with Gasteiger partial charge in [-0.1, -0.05) is 28.1 Å². The monoisotopic (exact) mass is 441 g/mol. The van der Waals surface area contributed by atoms with E-state index in [9.17, 15) is 9.59 Å². The molecule has 2 amide bonds. The van der Waals surface area contributed by atoms with Crippen LogP contribution in [0.1, 0.15) is 19.2 Å². The lowest BCUT2D eigenvalue weighted by molar-refractivity contribution is -0.116. The quantitative estimate of drug-likeness (QED) is 0.455. The summed E-state index contributed by atoms with van der Waals surface area (Å²) < 4.78 is 6.09. The lowest BCUT2D eigenvalue weighted by atomic mass is 10.2. The van der Waals surface area contributed by atoms with Crippen molar-refractivity contribution in [3.63, 3.8) is 0 Å². The number of amides is 2. The lowest BCUT2D eigenvalue weighted by Gasteiger charge is -2.03. The van der Waals surface area contributed by atoms with E-state index in [2.05, 4.69) is 25.8 Å². The summed E-state index contributed by atoms with van der Waals surface area (Å²) in [6.45, 7) is 1.43. The van der Waals surface area contributed by atoms with Gasteiger partial charge < -0.3 is 15.2 Å². The molecule has 4 rings (SSSR count). The summed E-state index contributed by atoms with van der Waals surface area (Å²) >= 11 is 7.22. The second-order valence-electron chi connectivity index (χ2n) is 6.45. The number of thiazole rings is 1. The molecular formula is C20H16ClN5O3S. The van der Waals surface area contributed by atoms with Gasteiger partial charge in [-0.15, -0.1) is 0 Å². The van der Waals surface area contributed by atoms with Crippen LogP contribution >= 0.6 is 22.9 Å².